The molecule has 1 aromatic heterocycles. The number of anilines is 1. The highest BCUT2D eigenvalue weighted by molar-refractivity contribution is 6.31. The van der Waals surface area contributed by atoms with E-state index in [1.165, 1.54) is 0 Å². The molecule has 7 heteroatoms. The van der Waals surface area contributed by atoms with Crippen molar-refractivity contribution < 1.29 is 9.53 Å². The van der Waals surface area contributed by atoms with Gasteiger partial charge in [0.2, 0.25) is 0 Å². The molecule has 0 aliphatic carbocycles. The van der Waals surface area contributed by atoms with Crippen molar-refractivity contribution in [2.45, 2.75) is 6.42 Å². The number of nitrogens with one attached hydrogen (secondary N) is 2. The SMILES string of the molecule is COc1ccc(Cl)cc1NC(=O)NCCc1ccc(-c2ccnn2C)cc1. The van der Waals surface area contributed by atoms with Crippen molar-refractivity contribution in [2.75, 3.05) is 19.0 Å². The molecule has 0 saturated heterocycles. The zero-order valence-corrected chi connectivity index (χ0v) is 16.0. The van der Waals surface area contributed by atoms with Crippen LogP contribution in [0, 0.1) is 0 Å². The fraction of sp³-hybridized carbons (Fsp3) is 0.200. The molecule has 0 fully saturated rings. The smallest absolute Gasteiger partial charge is 0.319 e. The number of amides is 2. The van der Waals surface area contributed by atoms with E-state index in [9.17, 15) is 4.79 Å². The molecule has 0 radical (unpaired) electrons. The molecule has 27 heavy (non-hydrogen) atoms. The molecule has 0 aliphatic heterocycles. The van der Waals surface area contributed by atoms with Crippen molar-refractivity contribution in [3.8, 4) is 17.0 Å². The maximum Gasteiger partial charge on any atom is 0.319 e. The fourth-order valence-electron chi connectivity index (χ4n) is 2.76. The van der Waals surface area contributed by atoms with Gasteiger partial charge < -0.3 is 15.4 Å². The van der Waals surface area contributed by atoms with Gasteiger partial charge in [-0.15, -0.1) is 0 Å². The minimum atomic E-state index is -0.304. The van der Waals surface area contributed by atoms with Crippen molar-refractivity contribution >= 4 is 23.3 Å². The summed E-state index contributed by atoms with van der Waals surface area (Å²) in [6.45, 7) is 0.514. The third-order valence-corrected chi connectivity index (χ3v) is 4.41. The van der Waals surface area contributed by atoms with E-state index in [1.54, 1.807) is 31.5 Å². The van der Waals surface area contributed by atoms with Gasteiger partial charge in [-0.2, -0.15) is 5.10 Å². The molecule has 2 amide bonds. The minimum Gasteiger partial charge on any atom is -0.495 e. The van der Waals surface area contributed by atoms with Gasteiger partial charge in [0, 0.05) is 24.8 Å². The summed E-state index contributed by atoms with van der Waals surface area (Å²) in [6.07, 6.45) is 2.51. The third kappa shape index (κ3) is 4.80. The molecule has 3 rings (SSSR count). The zero-order chi connectivity index (χ0) is 19.2. The van der Waals surface area contributed by atoms with Gasteiger partial charge in [-0.3, -0.25) is 4.68 Å². The van der Waals surface area contributed by atoms with E-state index in [1.807, 2.05) is 17.8 Å². The molecule has 140 valence electrons. The first-order valence-corrected chi connectivity index (χ1v) is 8.90. The Hall–Kier alpha value is -2.99. The number of hydrogen-bond donors (Lipinski definition) is 2. The highest BCUT2D eigenvalue weighted by Gasteiger charge is 2.08. The molecule has 0 spiro atoms. The highest BCUT2D eigenvalue weighted by atomic mass is 35.5. The fourth-order valence-corrected chi connectivity index (χ4v) is 2.94. The number of urea groups is 1. The monoisotopic (exact) mass is 384 g/mol. The van der Waals surface area contributed by atoms with Gasteiger partial charge in [-0.05, 0) is 41.8 Å². The first-order valence-electron chi connectivity index (χ1n) is 8.52. The van der Waals surface area contributed by atoms with Gasteiger partial charge in [-0.25, -0.2) is 4.79 Å². The lowest BCUT2D eigenvalue weighted by atomic mass is 10.1. The standard InChI is InChI=1S/C20H21ClN4O2/c1-25-18(10-12-23-25)15-5-3-14(4-6-15)9-11-22-20(26)24-17-13-16(21)7-8-19(17)27-2/h3-8,10,12-13H,9,11H2,1-2H3,(H2,22,24,26). The van der Waals surface area contributed by atoms with E-state index >= 15 is 0 Å². The lowest BCUT2D eigenvalue weighted by Gasteiger charge is -2.11. The molecule has 0 aliphatic rings. The Morgan fingerprint density at radius 2 is 1.96 bits per heavy atom. The molecule has 2 N–H and O–H groups in total. The topological polar surface area (TPSA) is 68.2 Å². The molecular formula is C20H21ClN4O2. The number of rotatable bonds is 6. The maximum atomic E-state index is 12.1. The van der Waals surface area contributed by atoms with Crippen LogP contribution < -0.4 is 15.4 Å². The second-order valence-corrected chi connectivity index (χ2v) is 6.45. The number of aromatic nitrogens is 2. The molecule has 1 heterocycles. The average Bonchev–Trinajstić information content (AvgIpc) is 3.08. The molecule has 0 unspecified atom stereocenters. The summed E-state index contributed by atoms with van der Waals surface area (Å²) in [7, 11) is 3.46. The average molecular weight is 385 g/mol. The normalized spacial score (nSPS) is 10.5. The van der Waals surface area contributed by atoms with Crippen molar-refractivity contribution in [2.24, 2.45) is 7.05 Å². The Labute approximate surface area is 163 Å². The molecular weight excluding hydrogens is 364 g/mol. The van der Waals surface area contributed by atoms with Gasteiger partial charge in [0.15, 0.2) is 0 Å². The molecule has 6 nitrogen and oxygen atoms in total. The number of hydrogen-bond acceptors (Lipinski definition) is 3. The maximum absolute atomic E-state index is 12.1. The highest BCUT2D eigenvalue weighted by Crippen LogP contribution is 2.27. The van der Waals surface area contributed by atoms with Crippen LogP contribution in [0.1, 0.15) is 5.56 Å². The quantitative estimate of drug-likeness (QED) is 0.671. The van der Waals surface area contributed by atoms with Crippen molar-refractivity contribution in [3.05, 3.63) is 65.3 Å². The molecule has 2 aromatic carbocycles. The minimum absolute atomic E-state index is 0.304. The Morgan fingerprint density at radius 1 is 1.19 bits per heavy atom. The van der Waals surface area contributed by atoms with E-state index in [0.717, 1.165) is 23.2 Å². The van der Waals surface area contributed by atoms with Crippen molar-refractivity contribution in [3.63, 3.8) is 0 Å². The number of carbonyl (C=O) groups excluding carboxylic acids is 1. The van der Waals surface area contributed by atoms with E-state index in [4.69, 9.17) is 16.3 Å². The summed E-state index contributed by atoms with van der Waals surface area (Å²) in [4.78, 5) is 12.1. The Morgan fingerprint density at radius 3 is 2.63 bits per heavy atom. The predicted octanol–water partition coefficient (Wildman–Crippen LogP) is 4.11. The first-order chi connectivity index (χ1) is 13.1. The summed E-state index contributed by atoms with van der Waals surface area (Å²) in [5, 5.41) is 10.3. The Balaban J connectivity index is 1.52. The molecule has 0 bridgehead atoms. The van der Waals surface area contributed by atoms with Crippen LogP contribution in [-0.2, 0) is 13.5 Å². The summed E-state index contributed by atoms with van der Waals surface area (Å²) in [5.41, 5.74) is 3.84. The van der Waals surface area contributed by atoms with Crippen LogP contribution in [0.15, 0.2) is 54.7 Å². The summed E-state index contributed by atoms with van der Waals surface area (Å²) in [5.74, 6) is 0.556. The predicted molar refractivity (Wildman–Crippen MR) is 107 cm³/mol. The van der Waals surface area contributed by atoms with Crippen LogP contribution in [0.3, 0.4) is 0 Å². The number of methoxy groups -OCH3 is 1. The van der Waals surface area contributed by atoms with Crippen LogP contribution in [0.25, 0.3) is 11.3 Å². The van der Waals surface area contributed by atoms with Gasteiger partial charge in [0.25, 0.3) is 0 Å². The van der Waals surface area contributed by atoms with Gasteiger partial charge in [-0.1, -0.05) is 35.9 Å². The number of nitrogens with zero attached hydrogens (tertiary/aromatic N) is 2. The van der Waals surface area contributed by atoms with E-state index < -0.39 is 0 Å². The lowest BCUT2D eigenvalue weighted by molar-refractivity contribution is 0.252. The zero-order valence-electron chi connectivity index (χ0n) is 15.2. The number of aryl methyl sites for hydroxylation is 1. The van der Waals surface area contributed by atoms with Crippen LogP contribution >= 0.6 is 11.6 Å². The lowest BCUT2D eigenvalue weighted by Crippen LogP contribution is -2.30. The first kappa shape index (κ1) is 18.8. The van der Waals surface area contributed by atoms with Crippen LogP contribution in [-0.4, -0.2) is 29.5 Å². The van der Waals surface area contributed by atoms with Gasteiger partial charge >= 0.3 is 6.03 Å². The van der Waals surface area contributed by atoms with Gasteiger partial charge in [0.1, 0.15) is 5.75 Å². The van der Waals surface area contributed by atoms with Crippen LogP contribution in [0.5, 0.6) is 5.75 Å². The number of benzene rings is 2. The van der Waals surface area contributed by atoms with Crippen LogP contribution in [0.4, 0.5) is 10.5 Å². The van der Waals surface area contributed by atoms with Crippen molar-refractivity contribution in [1.29, 1.82) is 0 Å². The van der Waals surface area contributed by atoms with E-state index in [2.05, 4.69) is 40.0 Å². The number of carbonyl (C=O) groups is 1. The Kier molecular flexibility index (Phi) is 5.98. The Bertz CT molecular complexity index is 922. The third-order valence-electron chi connectivity index (χ3n) is 4.18. The summed E-state index contributed by atoms with van der Waals surface area (Å²) >= 11 is 5.97. The molecule has 0 saturated carbocycles. The van der Waals surface area contributed by atoms with E-state index in [0.29, 0.717) is 23.0 Å². The van der Waals surface area contributed by atoms with Crippen molar-refractivity contribution in [1.82, 2.24) is 15.1 Å². The molecule has 3 aromatic rings. The summed E-state index contributed by atoms with van der Waals surface area (Å²) in [6, 6.07) is 15.0. The van der Waals surface area contributed by atoms with Crippen LogP contribution in [0.2, 0.25) is 5.02 Å². The van der Waals surface area contributed by atoms with E-state index in [-0.39, 0.29) is 6.03 Å². The largest absolute Gasteiger partial charge is 0.495 e. The number of ether oxygens (including phenoxy) is 1. The number of halogens is 1. The summed E-state index contributed by atoms with van der Waals surface area (Å²) < 4.78 is 7.06. The molecule has 0 atom stereocenters. The second kappa shape index (κ2) is 8.60. The van der Waals surface area contributed by atoms with Gasteiger partial charge in [0.05, 0.1) is 18.5 Å². The second-order valence-electron chi connectivity index (χ2n) is 6.01.